The highest BCUT2D eigenvalue weighted by Gasteiger charge is 2.14. The molecule has 0 bridgehead atoms. The minimum absolute atomic E-state index is 0.0670. The van der Waals surface area contributed by atoms with Crippen molar-refractivity contribution in [3.05, 3.63) is 59.7 Å². The van der Waals surface area contributed by atoms with Crippen LogP contribution < -0.4 is 10.0 Å². The first-order valence-corrected chi connectivity index (χ1v) is 9.60. The molecule has 2 atom stereocenters. The van der Waals surface area contributed by atoms with Crippen LogP contribution in [0.2, 0.25) is 0 Å². The molecule has 0 N–H and O–H groups in total. The minimum atomic E-state index is -0.0670. The van der Waals surface area contributed by atoms with Gasteiger partial charge in [0, 0.05) is 24.5 Å². The van der Waals surface area contributed by atoms with E-state index in [-0.39, 0.29) is 12.3 Å². The van der Waals surface area contributed by atoms with Crippen molar-refractivity contribution in [1.82, 2.24) is 0 Å². The van der Waals surface area contributed by atoms with E-state index in [0.29, 0.717) is 14.2 Å². The molecule has 0 radical (unpaired) electrons. The Morgan fingerprint density at radius 1 is 1.08 bits per heavy atom. The molecule has 0 fully saturated rings. The van der Waals surface area contributed by atoms with Crippen LogP contribution >= 0.6 is 8.58 Å². The molecule has 0 spiro atoms. The fraction of sp³-hybridized carbons (Fsp3) is 0.381. The van der Waals surface area contributed by atoms with Gasteiger partial charge in [-0.2, -0.15) is 0 Å². The summed E-state index contributed by atoms with van der Waals surface area (Å²) in [5.74, 6) is 0.894. The Morgan fingerprint density at radius 3 is 2.48 bits per heavy atom. The van der Waals surface area contributed by atoms with Crippen molar-refractivity contribution in [1.29, 1.82) is 0 Å². The van der Waals surface area contributed by atoms with Crippen molar-refractivity contribution in [3.63, 3.8) is 0 Å². The van der Waals surface area contributed by atoms with Gasteiger partial charge >= 0.3 is 0 Å². The third-order valence-corrected chi connectivity index (χ3v) is 5.15. The van der Waals surface area contributed by atoms with Gasteiger partial charge in [-0.25, -0.2) is 0 Å². The first-order chi connectivity index (χ1) is 11.9. The molecule has 134 valence electrons. The van der Waals surface area contributed by atoms with Crippen LogP contribution in [0.3, 0.4) is 0 Å². The quantitative estimate of drug-likeness (QED) is 0.399. The number of aliphatic imine (C=N–C) groups is 1. The first kappa shape index (κ1) is 19.6. The maximum Gasteiger partial charge on any atom is 0.188 e. The van der Waals surface area contributed by atoms with E-state index in [2.05, 4.69) is 69.1 Å². The predicted octanol–water partition coefficient (Wildman–Crippen LogP) is 4.95. The second kappa shape index (κ2) is 9.12. The average Bonchev–Trinajstić information content (AvgIpc) is 2.58. The molecule has 4 heteroatoms. The van der Waals surface area contributed by atoms with Gasteiger partial charge < -0.3 is 9.47 Å². The van der Waals surface area contributed by atoms with Crippen LogP contribution in [0.1, 0.15) is 44.5 Å². The zero-order chi connectivity index (χ0) is 18.3. The summed E-state index contributed by atoms with van der Waals surface area (Å²) in [7, 11) is 2.27. The second-order valence-corrected chi connectivity index (χ2v) is 8.66. The molecule has 0 aliphatic rings. The van der Waals surface area contributed by atoms with E-state index >= 15 is 0 Å². The smallest absolute Gasteiger partial charge is 0.188 e. The lowest BCUT2D eigenvalue weighted by Crippen LogP contribution is -2.12. The molecule has 2 rings (SSSR count). The summed E-state index contributed by atoms with van der Waals surface area (Å²) in [4.78, 5) is 4.66. The summed E-state index contributed by atoms with van der Waals surface area (Å²) in [6.45, 7) is 8.84. The van der Waals surface area contributed by atoms with Gasteiger partial charge in [0.1, 0.15) is 5.75 Å². The normalized spacial score (nSPS) is 13.6. The van der Waals surface area contributed by atoms with E-state index in [1.54, 1.807) is 7.11 Å². The number of nitrogens with zero attached hydrogens (tertiary/aromatic N) is 1. The van der Waals surface area contributed by atoms with Gasteiger partial charge in [0.05, 0.1) is 5.54 Å². The molecule has 0 saturated carbocycles. The van der Waals surface area contributed by atoms with Gasteiger partial charge in [-0.1, -0.05) is 58.0 Å². The van der Waals surface area contributed by atoms with Crippen LogP contribution in [0.5, 0.6) is 5.75 Å². The van der Waals surface area contributed by atoms with Gasteiger partial charge in [-0.05, 0) is 37.7 Å². The van der Waals surface area contributed by atoms with Gasteiger partial charge in [0.25, 0.3) is 0 Å². The number of hydrogen-bond acceptors (Lipinski definition) is 3. The highest BCUT2D eigenvalue weighted by Crippen LogP contribution is 2.38. The largest absolute Gasteiger partial charge is 0.467 e. The van der Waals surface area contributed by atoms with Crippen LogP contribution in [0.25, 0.3) is 0 Å². The molecule has 2 aromatic carbocycles. The highest BCUT2D eigenvalue weighted by molar-refractivity contribution is 7.47. The monoisotopic (exact) mass is 357 g/mol. The number of methoxy groups -OCH3 is 1. The highest BCUT2D eigenvalue weighted by atomic mass is 31.1. The molecule has 25 heavy (non-hydrogen) atoms. The number of hydrogen-bond donors (Lipinski definition) is 0. The van der Waals surface area contributed by atoms with E-state index in [1.807, 2.05) is 18.3 Å². The standard InChI is InChI=1S/C21H28NO2P/c1-16(18-11-7-8-12-19(18)24-15-23-5)25-20-13-9-6-10-17(20)14-22-21(2,3)4/h6-14,16,25H,15H2,1-5H3/b22-14+. The van der Waals surface area contributed by atoms with Gasteiger partial charge in [-0.15, -0.1) is 0 Å². The Labute approximate surface area is 153 Å². The molecule has 2 aromatic rings. The van der Waals surface area contributed by atoms with E-state index in [0.717, 1.165) is 5.75 Å². The van der Waals surface area contributed by atoms with E-state index < -0.39 is 0 Å². The molecular formula is C21H28NO2P. The minimum Gasteiger partial charge on any atom is -0.467 e. The third-order valence-electron chi connectivity index (χ3n) is 3.64. The number of ether oxygens (including phenoxy) is 2. The molecule has 0 aromatic heterocycles. The lowest BCUT2D eigenvalue weighted by Gasteiger charge is -2.18. The van der Waals surface area contributed by atoms with Crippen molar-refractivity contribution in [2.45, 2.75) is 38.9 Å². The fourth-order valence-corrected chi connectivity index (χ4v) is 3.77. The van der Waals surface area contributed by atoms with Crippen LogP contribution in [0, 0.1) is 0 Å². The van der Waals surface area contributed by atoms with Crippen LogP contribution in [0.4, 0.5) is 0 Å². The fourth-order valence-electron chi connectivity index (χ4n) is 2.41. The zero-order valence-electron chi connectivity index (χ0n) is 15.7. The second-order valence-electron chi connectivity index (χ2n) is 6.97. The molecule has 0 aliphatic heterocycles. The summed E-state index contributed by atoms with van der Waals surface area (Å²) >= 11 is 0. The molecule has 2 unspecified atom stereocenters. The summed E-state index contributed by atoms with van der Waals surface area (Å²) < 4.78 is 10.8. The summed E-state index contributed by atoms with van der Waals surface area (Å²) in [5, 5.41) is 1.32. The van der Waals surface area contributed by atoms with E-state index in [9.17, 15) is 0 Å². The number of benzene rings is 2. The maximum absolute atomic E-state index is 5.72. The molecular weight excluding hydrogens is 329 g/mol. The lowest BCUT2D eigenvalue weighted by molar-refractivity contribution is 0.0504. The van der Waals surface area contributed by atoms with Crippen LogP contribution in [-0.4, -0.2) is 25.7 Å². The number of rotatable bonds is 7. The third kappa shape index (κ3) is 6.26. The molecule has 3 nitrogen and oxygen atoms in total. The zero-order valence-corrected chi connectivity index (χ0v) is 16.7. The molecule has 0 aliphatic carbocycles. The Kier molecular flexibility index (Phi) is 7.16. The van der Waals surface area contributed by atoms with Crippen molar-refractivity contribution in [2.24, 2.45) is 4.99 Å². The Hall–Kier alpha value is -1.70. The first-order valence-electron chi connectivity index (χ1n) is 8.52. The number of para-hydroxylation sites is 1. The summed E-state index contributed by atoms with van der Waals surface area (Å²) in [5.41, 5.74) is 2.69. The van der Waals surface area contributed by atoms with Crippen LogP contribution in [0.15, 0.2) is 53.5 Å². The van der Waals surface area contributed by atoms with Crippen molar-refractivity contribution in [2.75, 3.05) is 13.9 Å². The van der Waals surface area contributed by atoms with Gasteiger partial charge in [0.2, 0.25) is 0 Å². The van der Waals surface area contributed by atoms with Crippen molar-refractivity contribution < 1.29 is 9.47 Å². The van der Waals surface area contributed by atoms with Crippen LogP contribution in [-0.2, 0) is 4.74 Å². The SMILES string of the molecule is COCOc1ccccc1C(C)Pc1ccccc1/C=N/C(C)(C)C. The average molecular weight is 357 g/mol. The summed E-state index contributed by atoms with van der Waals surface area (Å²) in [6, 6.07) is 16.7. The van der Waals surface area contributed by atoms with Gasteiger partial charge in [-0.3, -0.25) is 4.99 Å². The van der Waals surface area contributed by atoms with Crippen molar-refractivity contribution >= 4 is 20.1 Å². The summed E-state index contributed by atoms with van der Waals surface area (Å²) in [6.07, 6.45) is 2.00. The Bertz CT molecular complexity index is 707. The van der Waals surface area contributed by atoms with E-state index in [1.165, 1.54) is 16.4 Å². The molecule has 0 saturated heterocycles. The molecule has 0 heterocycles. The van der Waals surface area contributed by atoms with Crippen molar-refractivity contribution in [3.8, 4) is 5.75 Å². The maximum atomic E-state index is 5.72. The molecule has 0 amide bonds. The topological polar surface area (TPSA) is 30.8 Å². The Balaban J connectivity index is 2.22. The predicted molar refractivity (Wildman–Crippen MR) is 109 cm³/mol. The Morgan fingerprint density at radius 2 is 1.76 bits per heavy atom. The van der Waals surface area contributed by atoms with E-state index in [4.69, 9.17) is 9.47 Å². The lowest BCUT2D eigenvalue weighted by atomic mass is 10.1. The van der Waals surface area contributed by atoms with Gasteiger partial charge in [0.15, 0.2) is 6.79 Å².